The summed E-state index contributed by atoms with van der Waals surface area (Å²) < 4.78 is 24.8. The molecule has 1 aliphatic heterocycles. The Bertz CT molecular complexity index is 811. The number of esters is 1. The van der Waals surface area contributed by atoms with Crippen LogP contribution in [0.4, 0.5) is 10.1 Å². The van der Waals surface area contributed by atoms with E-state index in [1.807, 2.05) is 0 Å². The molecule has 0 bridgehead atoms. The van der Waals surface area contributed by atoms with Crippen LogP contribution in [0.1, 0.15) is 6.92 Å². The van der Waals surface area contributed by atoms with Gasteiger partial charge in [0, 0.05) is 4.47 Å². The molecule has 0 N–H and O–H groups in total. The van der Waals surface area contributed by atoms with E-state index in [0.717, 1.165) is 0 Å². The quantitative estimate of drug-likeness (QED) is 0.592. The Morgan fingerprint density at radius 3 is 2.83 bits per heavy atom. The Hall–Kier alpha value is -2.41. The third-order valence-electron chi connectivity index (χ3n) is 3.48. The lowest BCUT2D eigenvalue weighted by Crippen LogP contribution is -2.47. The number of anilines is 1. The summed E-state index contributed by atoms with van der Waals surface area (Å²) in [6.45, 7) is 1.27. The minimum atomic E-state index is -0.742. The predicted octanol–water partition coefficient (Wildman–Crippen LogP) is 3.31. The highest BCUT2D eigenvalue weighted by Gasteiger charge is 2.33. The highest BCUT2D eigenvalue weighted by Crippen LogP contribution is 2.33. The van der Waals surface area contributed by atoms with Gasteiger partial charge in [-0.25, -0.2) is 9.18 Å². The molecule has 0 radical (unpaired) electrons. The highest BCUT2D eigenvalue weighted by molar-refractivity contribution is 9.10. The molecule has 0 aliphatic carbocycles. The van der Waals surface area contributed by atoms with E-state index in [1.54, 1.807) is 37.3 Å². The van der Waals surface area contributed by atoms with Gasteiger partial charge in [-0.15, -0.1) is 0 Å². The molecule has 0 aromatic heterocycles. The van der Waals surface area contributed by atoms with Crippen molar-refractivity contribution in [3.05, 3.63) is 52.8 Å². The lowest BCUT2D eigenvalue weighted by atomic mass is 10.2. The van der Waals surface area contributed by atoms with Crippen molar-refractivity contribution in [3.63, 3.8) is 0 Å². The van der Waals surface area contributed by atoms with E-state index in [9.17, 15) is 14.0 Å². The predicted molar refractivity (Wildman–Crippen MR) is 88.6 cm³/mol. The number of fused-ring (bicyclic) bond motifs is 1. The summed E-state index contributed by atoms with van der Waals surface area (Å²) in [5.41, 5.74) is 0.480. The summed E-state index contributed by atoms with van der Waals surface area (Å²) in [5.74, 6) is -1.45. The monoisotopic (exact) mass is 393 g/mol. The van der Waals surface area contributed by atoms with Gasteiger partial charge >= 0.3 is 5.97 Å². The van der Waals surface area contributed by atoms with Gasteiger partial charge in [0.25, 0.3) is 5.91 Å². The lowest BCUT2D eigenvalue weighted by molar-refractivity contribution is -0.135. The van der Waals surface area contributed by atoms with Crippen molar-refractivity contribution in [1.29, 1.82) is 0 Å². The first-order chi connectivity index (χ1) is 11.5. The van der Waals surface area contributed by atoms with Crippen LogP contribution in [0.25, 0.3) is 0 Å². The van der Waals surface area contributed by atoms with E-state index in [4.69, 9.17) is 9.47 Å². The number of carbonyl (C=O) groups is 2. The van der Waals surface area contributed by atoms with Crippen molar-refractivity contribution in [1.82, 2.24) is 0 Å². The fourth-order valence-electron chi connectivity index (χ4n) is 2.36. The van der Waals surface area contributed by atoms with Gasteiger partial charge in [-0.3, -0.25) is 9.69 Å². The first kappa shape index (κ1) is 16.4. The molecule has 1 aliphatic rings. The molecule has 1 atom stereocenters. The first-order valence-electron chi connectivity index (χ1n) is 7.18. The van der Waals surface area contributed by atoms with Crippen molar-refractivity contribution in [2.75, 3.05) is 11.4 Å². The smallest absolute Gasteiger partial charge is 0.331 e. The average molecular weight is 394 g/mol. The molecular weight excluding hydrogens is 381 g/mol. The zero-order valence-electron chi connectivity index (χ0n) is 12.7. The topological polar surface area (TPSA) is 55.8 Å². The average Bonchev–Trinajstić information content (AvgIpc) is 2.54. The molecule has 0 unspecified atom stereocenters. The third-order valence-corrected chi connectivity index (χ3v) is 3.97. The molecule has 0 saturated heterocycles. The molecule has 1 heterocycles. The number of amides is 1. The maximum Gasteiger partial charge on any atom is 0.331 e. The molecule has 0 spiro atoms. The van der Waals surface area contributed by atoms with Crippen molar-refractivity contribution in [2.45, 2.75) is 13.0 Å². The second-order valence-corrected chi connectivity index (χ2v) is 6.12. The van der Waals surface area contributed by atoms with Crippen LogP contribution in [0.2, 0.25) is 0 Å². The number of ether oxygens (including phenoxy) is 2. The van der Waals surface area contributed by atoms with Crippen molar-refractivity contribution >= 4 is 33.5 Å². The summed E-state index contributed by atoms with van der Waals surface area (Å²) in [6.07, 6.45) is -0.711. The van der Waals surface area contributed by atoms with Crippen LogP contribution in [0, 0.1) is 5.82 Å². The van der Waals surface area contributed by atoms with Crippen molar-refractivity contribution < 1.29 is 23.5 Å². The standard InChI is InChI=1S/C17H13BrFNO4/c1-10-17(22)20(13-4-2-3-5-15(13)23-10)9-16(21)24-14-7-6-11(18)8-12(14)19/h2-8,10H,9H2,1H3/t10-/m0/s1. The molecule has 1 amide bonds. The minimum absolute atomic E-state index is 0.190. The van der Waals surface area contributed by atoms with Crippen LogP contribution in [0.5, 0.6) is 11.5 Å². The molecule has 2 aromatic rings. The molecule has 0 saturated carbocycles. The SMILES string of the molecule is C[C@@H]1Oc2ccccc2N(CC(=O)Oc2ccc(Br)cc2F)C1=O. The number of hydrogen-bond acceptors (Lipinski definition) is 4. The van der Waals surface area contributed by atoms with Gasteiger partial charge in [0.1, 0.15) is 12.3 Å². The Labute approximate surface area is 146 Å². The zero-order valence-corrected chi connectivity index (χ0v) is 14.2. The van der Waals surface area contributed by atoms with Crippen LogP contribution >= 0.6 is 15.9 Å². The number of halogens is 2. The number of carbonyl (C=O) groups excluding carboxylic acids is 2. The number of rotatable bonds is 3. The van der Waals surface area contributed by atoms with E-state index in [-0.39, 0.29) is 18.2 Å². The Balaban J connectivity index is 1.79. The number of hydrogen-bond donors (Lipinski definition) is 0. The fourth-order valence-corrected chi connectivity index (χ4v) is 2.70. The second-order valence-electron chi connectivity index (χ2n) is 5.20. The Morgan fingerprint density at radius 1 is 1.33 bits per heavy atom. The number of benzene rings is 2. The number of para-hydroxylation sites is 2. The second kappa shape index (κ2) is 6.60. The van der Waals surface area contributed by atoms with E-state index >= 15 is 0 Å². The maximum absolute atomic E-state index is 13.8. The summed E-state index contributed by atoms with van der Waals surface area (Å²) in [7, 11) is 0. The van der Waals surface area contributed by atoms with Crippen molar-refractivity contribution in [2.24, 2.45) is 0 Å². The molecule has 3 rings (SSSR count). The van der Waals surface area contributed by atoms with Gasteiger partial charge in [0.2, 0.25) is 0 Å². The van der Waals surface area contributed by atoms with Crippen molar-refractivity contribution in [3.8, 4) is 11.5 Å². The minimum Gasteiger partial charge on any atom is -0.479 e. The summed E-state index contributed by atoms with van der Waals surface area (Å²) in [5, 5.41) is 0. The summed E-state index contributed by atoms with van der Waals surface area (Å²) in [4.78, 5) is 25.7. The lowest BCUT2D eigenvalue weighted by Gasteiger charge is -2.32. The normalized spacial score (nSPS) is 16.4. The molecule has 5 nitrogen and oxygen atoms in total. The number of nitrogens with zero attached hydrogens (tertiary/aromatic N) is 1. The fraction of sp³-hybridized carbons (Fsp3) is 0.176. The molecular formula is C17H13BrFNO4. The first-order valence-corrected chi connectivity index (χ1v) is 7.98. The molecule has 7 heteroatoms. The largest absolute Gasteiger partial charge is 0.479 e. The van der Waals surface area contributed by atoms with E-state index < -0.39 is 17.9 Å². The highest BCUT2D eigenvalue weighted by atomic mass is 79.9. The van der Waals surface area contributed by atoms with Gasteiger partial charge in [0.15, 0.2) is 17.7 Å². The van der Waals surface area contributed by atoms with Gasteiger partial charge in [-0.05, 0) is 37.3 Å². The van der Waals surface area contributed by atoms with Crippen LogP contribution in [0.3, 0.4) is 0 Å². The molecule has 2 aromatic carbocycles. The van der Waals surface area contributed by atoms with Gasteiger partial charge in [-0.1, -0.05) is 28.1 Å². The van der Waals surface area contributed by atoms with Gasteiger partial charge < -0.3 is 9.47 Å². The van der Waals surface area contributed by atoms with Crippen LogP contribution in [-0.4, -0.2) is 24.5 Å². The van der Waals surface area contributed by atoms with Gasteiger partial charge in [0.05, 0.1) is 5.69 Å². The third kappa shape index (κ3) is 3.26. The summed E-state index contributed by atoms with van der Waals surface area (Å²) >= 11 is 3.13. The Morgan fingerprint density at radius 2 is 2.08 bits per heavy atom. The van der Waals surface area contributed by atoms with Crippen LogP contribution < -0.4 is 14.4 Å². The van der Waals surface area contributed by atoms with E-state index in [0.29, 0.717) is 15.9 Å². The summed E-state index contributed by atoms with van der Waals surface area (Å²) in [6, 6.07) is 11.0. The zero-order chi connectivity index (χ0) is 17.3. The molecule has 24 heavy (non-hydrogen) atoms. The van der Waals surface area contributed by atoms with Crippen LogP contribution in [-0.2, 0) is 9.59 Å². The van der Waals surface area contributed by atoms with Crippen LogP contribution in [0.15, 0.2) is 46.9 Å². The molecule has 0 fully saturated rings. The van der Waals surface area contributed by atoms with E-state index in [2.05, 4.69) is 15.9 Å². The Kier molecular flexibility index (Phi) is 4.53. The molecule has 124 valence electrons. The maximum atomic E-state index is 13.8. The van der Waals surface area contributed by atoms with Gasteiger partial charge in [-0.2, -0.15) is 0 Å². The van der Waals surface area contributed by atoms with E-state index in [1.165, 1.54) is 17.0 Å².